The summed E-state index contributed by atoms with van der Waals surface area (Å²) in [6.07, 6.45) is 1.46. The highest BCUT2D eigenvalue weighted by atomic mass is 19.1. The lowest BCUT2D eigenvalue weighted by Gasteiger charge is -2.20. The molecule has 0 radical (unpaired) electrons. The number of nitrogens with zero attached hydrogens (tertiary/aromatic N) is 1. The van der Waals surface area contributed by atoms with Gasteiger partial charge in [-0.3, -0.25) is 4.79 Å². The fourth-order valence-corrected chi connectivity index (χ4v) is 2.43. The van der Waals surface area contributed by atoms with E-state index in [2.05, 4.69) is 6.07 Å². The molecule has 0 bridgehead atoms. The van der Waals surface area contributed by atoms with Crippen LogP contribution >= 0.6 is 0 Å². The molecule has 0 saturated heterocycles. The van der Waals surface area contributed by atoms with Gasteiger partial charge in [0.15, 0.2) is 12.1 Å². The Morgan fingerprint density at radius 2 is 1.83 bits per heavy atom. The second-order valence-electron chi connectivity index (χ2n) is 4.33. The molecule has 2 nitrogen and oxygen atoms in total. The molecule has 0 saturated carbocycles. The normalized spacial score (nSPS) is 13.5. The van der Waals surface area contributed by atoms with E-state index in [-0.39, 0.29) is 5.56 Å². The van der Waals surface area contributed by atoms with Gasteiger partial charge in [0, 0.05) is 12.2 Å². The minimum Gasteiger partial charge on any atom is -0.339 e. The van der Waals surface area contributed by atoms with Crippen LogP contribution in [0.1, 0.15) is 15.9 Å². The average molecular weight is 241 g/mol. The largest absolute Gasteiger partial charge is 0.339 e. The van der Waals surface area contributed by atoms with Crippen molar-refractivity contribution in [2.24, 2.45) is 0 Å². The predicted molar refractivity (Wildman–Crippen MR) is 68.9 cm³/mol. The first kappa shape index (κ1) is 11.0. The van der Waals surface area contributed by atoms with Gasteiger partial charge in [0.2, 0.25) is 0 Å². The van der Waals surface area contributed by atoms with Gasteiger partial charge < -0.3 is 4.90 Å². The molecule has 0 fully saturated rings. The molecule has 0 spiro atoms. The minimum atomic E-state index is -0.441. The highest BCUT2D eigenvalue weighted by Gasteiger charge is 2.22. The van der Waals surface area contributed by atoms with Crippen molar-refractivity contribution in [1.82, 2.24) is 0 Å². The summed E-state index contributed by atoms with van der Waals surface area (Å²) in [4.78, 5) is 12.7. The van der Waals surface area contributed by atoms with Crippen molar-refractivity contribution in [2.75, 3.05) is 11.4 Å². The highest BCUT2D eigenvalue weighted by molar-refractivity contribution is 5.80. The molecule has 1 aliphatic heterocycles. The monoisotopic (exact) mass is 241 g/mol. The van der Waals surface area contributed by atoms with Crippen LogP contribution < -0.4 is 4.90 Å². The first-order chi connectivity index (χ1) is 8.81. The number of fused-ring (bicyclic) bond motifs is 1. The van der Waals surface area contributed by atoms with E-state index >= 15 is 0 Å². The third kappa shape index (κ3) is 1.59. The van der Waals surface area contributed by atoms with Crippen molar-refractivity contribution < 1.29 is 9.18 Å². The van der Waals surface area contributed by atoms with Gasteiger partial charge in [-0.25, -0.2) is 4.39 Å². The summed E-state index contributed by atoms with van der Waals surface area (Å²) in [6.45, 7) is 0.749. The van der Waals surface area contributed by atoms with Gasteiger partial charge in [-0.15, -0.1) is 0 Å². The lowest BCUT2D eigenvalue weighted by Crippen LogP contribution is -2.15. The molecule has 3 rings (SSSR count). The van der Waals surface area contributed by atoms with E-state index in [9.17, 15) is 9.18 Å². The number of hydrogen-bond donors (Lipinski definition) is 0. The molecule has 0 amide bonds. The maximum absolute atomic E-state index is 14.1. The Morgan fingerprint density at radius 1 is 1.06 bits per heavy atom. The summed E-state index contributed by atoms with van der Waals surface area (Å²) in [6, 6.07) is 12.9. The standard InChI is InChI=1S/C15H12FNO/c16-15-12(10-18)5-3-7-14(15)17-9-8-11-4-1-2-6-13(11)17/h1-7,10H,8-9H2. The van der Waals surface area contributed by atoms with Crippen molar-refractivity contribution in [1.29, 1.82) is 0 Å². The van der Waals surface area contributed by atoms with Crippen LogP contribution in [0.3, 0.4) is 0 Å². The van der Waals surface area contributed by atoms with Crippen LogP contribution in [0.2, 0.25) is 0 Å². The smallest absolute Gasteiger partial charge is 0.157 e. The third-order valence-electron chi connectivity index (χ3n) is 3.31. The van der Waals surface area contributed by atoms with Crippen LogP contribution in [-0.2, 0) is 6.42 Å². The first-order valence-corrected chi connectivity index (χ1v) is 5.90. The zero-order valence-corrected chi connectivity index (χ0v) is 9.77. The van der Waals surface area contributed by atoms with Crippen LogP contribution in [-0.4, -0.2) is 12.8 Å². The summed E-state index contributed by atoms with van der Waals surface area (Å²) in [5, 5.41) is 0. The minimum absolute atomic E-state index is 0.108. The van der Waals surface area contributed by atoms with Crippen LogP contribution in [0.25, 0.3) is 0 Å². The number of rotatable bonds is 2. The first-order valence-electron chi connectivity index (χ1n) is 5.90. The zero-order chi connectivity index (χ0) is 12.5. The quantitative estimate of drug-likeness (QED) is 0.752. The summed E-state index contributed by atoms with van der Waals surface area (Å²) >= 11 is 0. The summed E-state index contributed by atoms with van der Waals surface area (Å²) < 4.78 is 14.1. The Kier molecular flexibility index (Phi) is 2.59. The van der Waals surface area contributed by atoms with E-state index in [0.29, 0.717) is 12.0 Å². The topological polar surface area (TPSA) is 20.3 Å². The van der Waals surface area contributed by atoms with Crippen LogP contribution in [0.15, 0.2) is 42.5 Å². The lowest BCUT2D eigenvalue weighted by atomic mass is 10.1. The number of benzene rings is 2. The number of halogens is 1. The van der Waals surface area contributed by atoms with Gasteiger partial charge >= 0.3 is 0 Å². The maximum atomic E-state index is 14.1. The van der Waals surface area contributed by atoms with Crippen molar-refractivity contribution in [3.8, 4) is 0 Å². The molecular weight excluding hydrogens is 229 g/mol. The molecule has 2 aromatic rings. The van der Waals surface area contributed by atoms with Crippen LogP contribution in [0, 0.1) is 5.82 Å². The molecule has 0 atom stereocenters. The molecule has 18 heavy (non-hydrogen) atoms. The van der Waals surface area contributed by atoms with Gasteiger partial charge in [-0.05, 0) is 30.2 Å². The number of aldehydes is 1. The molecule has 1 aliphatic rings. The predicted octanol–water partition coefficient (Wildman–Crippen LogP) is 3.33. The number of carbonyl (C=O) groups excluding carboxylic acids is 1. The van der Waals surface area contributed by atoms with E-state index in [0.717, 1.165) is 18.7 Å². The fourth-order valence-electron chi connectivity index (χ4n) is 2.43. The molecular formula is C15H12FNO. The second kappa shape index (κ2) is 4.26. The lowest BCUT2D eigenvalue weighted by molar-refractivity contribution is 0.112. The molecule has 0 N–H and O–H groups in total. The summed E-state index contributed by atoms with van der Waals surface area (Å²) in [5.74, 6) is -0.441. The second-order valence-corrected chi connectivity index (χ2v) is 4.33. The van der Waals surface area contributed by atoms with Gasteiger partial charge in [-0.1, -0.05) is 24.3 Å². The maximum Gasteiger partial charge on any atom is 0.157 e. The number of carbonyl (C=O) groups is 1. The molecule has 90 valence electrons. The number of anilines is 2. The number of para-hydroxylation sites is 1. The van der Waals surface area contributed by atoms with Crippen LogP contribution in [0.5, 0.6) is 0 Å². The van der Waals surface area contributed by atoms with Crippen molar-refractivity contribution in [3.63, 3.8) is 0 Å². The molecule has 0 aliphatic carbocycles. The van der Waals surface area contributed by atoms with E-state index in [1.807, 2.05) is 23.1 Å². The molecule has 0 unspecified atom stereocenters. The van der Waals surface area contributed by atoms with E-state index in [1.54, 1.807) is 12.1 Å². The Morgan fingerprint density at radius 3 is 2.67 bits per heavy atom. The Bertz CT molecular complexity index is 609. The SMILES string of the molecule is O=Cc1cccc(N2CCc3ccccc32)c1F. The Labute approximate surface area is 105 Å². The van der Waals surface area contributed by atoms with Crippen LogP contribution in [0.4, 0.5) is 15.8 Å². The van der Waals surface area contributed by atoms with Gasteiger partial charge in [0.1, 0.15) is 0 Å². The number of hydrogen-bond acceptors (Lipinski definition) is 2. The van der Waals surface area contributed by atoms with E-state index in [1.165, 1.54) is 11.6 Å². The van der Waals surface area contributed by atoms with Gasteiger partial charge in [-0.2, -0.15) is 0 Å². The molecule has 1 heterocycles. The highest BCUT2D eigenvalue weighted by Crippen LogP contribution is 2.35. The van der Waals surface area contributed by atoms with Crippen molar-refractivity contribution in [3.05, 3.63) is 59.4 Å². The van der Waals surface area contributed by atoms with Gasteiger partial charge in [0.05, 0.1) is 11.3 Å². The molecule has 0 aromatic heterocycles. The third-order valence-corrected chi connectivity index (χ3v) is 3.31. The average Bonchev–Trinajstić information content (AvgIpc) is 2.83. The Hall–Kier alpha value is -2.16. The molecule has 2 aromatic carbocycles. The zero-order valence-electron chi connectivity index (χ0n) is 9.77. The van der Waals surface area contributed by atoms with Crippen molar-refractivity contribution in [2.45, 2.75) is 6.42 Å². The van der Waals surface area contributed by atoms with E-state index in [4.69, 9.17) is 0 Å². The Balaban J connectivity index is 2.10. The van der Waals surface area contributed by atoms with Crippen molar-refractivity contribution >= 4 is 17.7 Å². The summed E-state index contributed by atoms with van der Waals surface area (Å²) in [5.41, 5.74) is 2.83. The summed E-state index contributed by atoms with van der Waals surface area (Å²) in [7, 11) is 0. The fraction of sp³-hybridized carbons (Fsp3) is 0.133. The molecule has 3 heteroatoms. The van der Waals surface area contributed by atoms with E-state index < -0.39 is 5.82 Å². The van der Waals surface area contributed by atoms with Gasteiger partial charge in [0.25, 0.3) is 0 Å².